The van der Waals surface area contributed by atoms with Gasteiger partial charge in [-0.05, 0) is 28.7 Å². The van der Waals surface area contributed by atoms with Crippen LogP contribution in [0.4, 0.5) is 0 Å². The standard InChI is InChI=1S/C20H23NO/c1-16(2)19-12-9-17(10-13-19)11-14-20(22)21(3)15-18-7-5-4-6-8-18/h4-14,16H,15H2,1-3H3/b14-11+. The third kappa shape index (κ3) is 4.59. The predicted octanol–water partition coefficient (Wildman–Crippen LogP) is 4.48. The van der Waals surface area contributed by atoms with Crippen molar-refractivity contribution in [2.24, 2.45) is 0 Å². The molecule has 0 spiro atoms. The van der Waals surface area contributed by atoms with Crippen LogP contribution in [0.15, 0.2) is 60.7 Å². The fourth-order valence-corrected chi connectivity index (χ4v) is 2.22. The highest BCUT2D eigenvalue weighted by Crippen LogP contribution is 2.15. The van der Waals surface area contributed by atoms with E-state index in [4.69, 9.17) is 0 Å². The van der Waals surface area contributed by atoms with Crippen LogP contribution in [0.5, 0.6) is 0 Å². The molecule has 1 amide bonds. The Labute approximate surface area is 133 Å². The van der Waals surface area contributed by atoms with Crippen LogP contribution >= 0.6 is 0 Å². The van der Waals surface area contributed by atoms with E-state index >= 15 is 0 Å². The monoisotopic (exact) mass is 293 g/mol. The van der Waals surface area contributed by atoms with E-state index in [1.807, 2.05) is 43.5 Å². The number of carbonyl (C=O) groups excluding carboxylic acids is 1. The minimum absolute atomic E-state index is 0.0109. The van der Waals surface area contributed by atoms with Crippen LogP contribution in [0.3, 0.4) is 0 Å². The highest BCUT2D eigenvalue weighted by molar-refractivity contribution is 5.91. The molecule has 0 atom stereocenters. The Bertz CT molecular complexity index is 627. The zero-order valence-corrected chi connectivity index (χ0v) is 13.5. The van der Waals surface area contributed by atoms with Crippen molar-refractivity contribution in [2.45, 2.75) is 26.3 Å². The number of likely N-dealkylation sites (N-methyl/N-ethyl adjacent to an activating group) is 1. The molecule has 22 heavy (non-hydrogen) atoms. The van der Waals surface area contributed by atoms with Crippen LogP contribution in [-0.4, -0.2) is 17.9 Å². The fraction of sp³-hybridized carbons (Fsp3) is 0.250. The molecule has 2 nitrogen and oxygen atoms in total. The number of amides is 1. The lowest BCUT2D eigenvalue weighted by Gasteiger charge is -2.15. The van der Waals surface area contributed by atoms with Crippen LogP contribution in [-0.2, 0) is 11.3 Å². The summed E-state index contributed by atoms with van der Waals surface area (Å²) in [5.74, 6) is 0.536. The molecule has 0 aromatic heterocycles. The highest BCUT2D eigenvalue weighted by atomic mass is 16.2. The Balaban J connectivity index is 1.95. The number of carbonyl (C=O) groups is 1. The molecule has 2 aromatic carbocycles. The van der Waals surface area contributed by atoms with Crippen molar-refractivity contribution in [3.05, 3.63) is 77.4 Å². The molecule has 0 unspecified atom stereocenters. The summed E-state index contributed by atoms with van der Waals surface area (Å²) in [6.45, 7) is 4.97. The summed E-state index contributed by atoms with van der Waals surface area (Å²) in [6.07, 6.45) is 3.50. The predicted molar refractivity (Wildman–Crippen MR) is 92.5 cm³/mol. The molecule has 0 heterocycles. The number of rotatable bonds is 5. The van der Waals surface area contributed by atoms with Crippen LogP contribution < -0.4 is 0 Å². The molecule has 0 bridgehead atoms. The van der Waals surface area contributed by atoms with E-state index in [2.05, 4.69) is 38.1 Å². The number of benzene rings is 2. The van der Waals surface area contributed by atoms with E-state index in [1.165, 1.54) is 5.56 Å². The lowest BCUT2D eigenvalue weighted by Crippen LogP contribution is -2.23. The molecule has 0 saturated carbocycles. The van der Waals surface area contributed by atoms with Crippen LogP contribution in [0.1, 0.15) is 36.5 Å². The van der Waals surface area contributed by atoms with Crippen molar-refractivity contribution in [3.63, 3.8) is 0 Å². The van der Waals surface area contributed by atoms with Gasteiger partial charge in [0, 0.05) is 19.7 Å². The lowest BCUT2D eigenvalue weighted by molar-refractivity contribution is -0.125. The fourth-order valence-electron chi connectivity index (χ4n) is 2.22. The normalized spacial score (nSPS) is 11.1. The Kier molecular flexibility index (Phi) is 5.54. The maximum Gasteiger partial charge on any atom is 0.246 e. The zero-order chi connectivity index (χ0) is 15.9. The van der Waals surface area contributed by atoms with Gasteiger partial charge < -0.3 is 4.90 Å². The third-order valence-corrected chi connectivity index (χ3v) is 3.66. The minimum Gasteiger partial charge on any atom is -0.338 e. The van der Waals surface area contributed by atoms with Gasteiger partial charge in [0.15, 0.2) is 0 Å². The Morgan fingerprint density at radius 3 is 2.27 bits per heavy atom. The summed E-state index contributed by atoms with van der Waals surface area (Å²) in [4.78, 5) is 13.9. The van der Waals surface area contributed by atoms with Gasteiger partial charge >= 0.3 is 0 Å². The van der Waals surface area contributed by atoms with Gasteiger partial charge in [-0.2, -0.15) is 0 Å². The molecule has 0 fully saturated rings. The number of nitrogens with zero attached hydrogens (tertiary/aromatic N) is 1. The first-order chi connectivity index (χ1) is 10.6. The van der Waals surface area contributed by atoms with Crippen molar-refractivity contribution in [2.75, 3.05) is 7.05 Å². The van der Waals surface area contributed by atoms with E-state index < -0.39 is 0 Å². The summed E-state index contributed by atoms with van der Waals surface area (Å²) in [5.41, 5.74) is 3.49. The molecule has 0 aliphatic rings. The number of hydrogen-bond donors (Lipinski definition) is 0. The molecular weight excluding hydrogens is 270 g/mol. The molecule has 2 aromatic rings. The molecule has 0 radical (unpaired) electrons. The molecule has 0 aliphatic heterocycles. The van der Waals surface area contributed by atoms with Crippen molar-refractivity contribution < 1.29 is 4.79 Å². The summed E-state index contributed by atoms with van der Waals surface area (Å²) < 4.78 is 0. The lowest BCUT2D eigenvalue weighted by atomic mass is 10.0. The van der Waals surface area contributed by atoms with Gasteiger partial charge in [-0.1, -0.05) is 68.4 Å². The summed E-state index contributed by atoms with van der Waals surface area (Å²) >= 11 is 0. The van der Waals surface area contributed by atoms with E-state index in [0.717, 1.165) is 11.1 Å². The molecule has 2 heteroatoms. The Morgan fingerprint density at radius 2 is 1.68 bits per heavy atom. The van der Waals surface area contributed by atoms with Crippen LogP contribution in [0, 0.1) is 0 Å². The second kappa shape index (κ2) is 7.60. The van der Waals surface area contributed by atoms with Gasteiger partial charge in [0.2, 0.25) is 5.91 Å². The molecule has 0 aliphatic carbocycles. The molecular formula is C20H23NO. The smallest absolute Gasteiger partial charge is 0.246 e. The van der Waals surface area contributed by atoms with E-state index in [0.29, 0.717) is 12.5 Å². The maximum atomic E-state index is 12.1. The van der Waals surface area contributed by atoms with Gasteiger partial charge in [-0.15, -0.1) is 0 Å². The van der Waals surface area contributed by atoms with Gasteiger partial charge in [-0.25, -0.2) is 0 Å². The van der Waals surface area contributed by atoms with Crippen LogP contribution in [0.25, 0.3) is 6.08 Å². The Morgan fingerprint density at radius 1 is 1.05 bits per heavy atom. The second-order valence-electron chi connectivity index (χ2n) is 5.83. The van der Waals surface area contributed by atoms with Crippen molar-refractivity contribution in [3.8, 4) is 0 Å². The van der Waals surface area contributed by atoms with Crippen molar-refractivity contribution >= 4 is 12.0 Å². The first kappa shape index (κ1) is 16.0. The van der Waals surface area contributed by atoms with Crippen molar-refractivity contribution in [1.82, 2.24) is 4.90 Å². The van der Waals surface area contributed by atoms with Gasteiger partial charge in [0.05, 0.1) is 0 Å². The minimum atomic E-state index is 0.0109. The van der Waals surface area contributed by atoms with E-state index in [9.17, 15) is 4.79 Å². The summed E-state index contributed by atoms with van der Waals surface area (Å²) in [7, 11) is 1.82. The second-order valence-corrected chi connectivity index (χ2v) is 5.83. The topological polar surface area (TPSA) is 20.3 Å². The SMILES string of the molecule is CC(C)c1ccc(/C=C/C(=O)N(C)Cc2ccccc2)cc1. The van der Waals surface area contributed by atoms with E-state index in [1.54, 1.807) is 11.0 Å². The van der Waals surface area contributed by atoms with Crippen molar-refractivity contribution in [1.29, 1.82) is 0 Å². The average molecular weight is 293 g/mol. The molecule has 114 valence electrons. The first-order valence-corrected chi connectivity index (χ1v) is 7.63. The van der Waals surface area contributed by atoms with Gasteiger partial charge in [0.25, 0.3) is 0 Å². The third-order valence-electron chi connectivity index (χ3n) is 3.66. The maximum absolute atomic E-state index is 12.1. The molecule has 0 N–H and O–H groups in total. The zero-order valence-electron chi connectivity index (χ0n) is 13.5. The summed E-state index contributed by atoms with van der Waals surface area (Å²) in [6, 6.07) is 18.3. The largest absolute Gasteiger partial charge is 0.338 e. The quantitative estimate of drug-likeness (QED) is 0.744. The van der Waals surface area contributed by atoms with Gasteiger partial charge in [0.1, 0.15) is 0 Å². The van der Waals surface area contributed by atoms with Crippen LogP contribution in [0.2, 0.25) is 0 Å². The average Bonchev–Trinajstić information content (AvgIpc) is 2.53. The van der Waals surface area contributed by atoms with E-state index in [-0.39, 0.29) is 5.91 Å². The van der Waals surface area contributed by atoms with Gasteiger partial charge in [-0.3, -0.25) is 4.79 Å². The highest BCUT2D eigenvalue weighted by Gasteiger charge is 2.05. The summed E-state index contributed by atoms with van der Waals surface area (Å²) in [5, 5.41) is 0. The molecule has 0 saturated heterocycles. The Hall–Kier alpha value is -2.35. The molecule has 2 rings (SSSR count). The number of hydrogen-bond acceptors (Lipinski definition) is 1. The first-order valence-electron chi connectivity index (χ1n) is 7.63.